The fourth-order valence-corrected chi connectivity index (χ4v) is 5.94. The molecule has 2 aromatic rings. The number of aromatic nitrogens is 1. The van der Waals surface area contributed by atoms with Gasteiger partial charge < -0.3 is 4.90 Å². The Kier molecular flexibility index (Phi) is 3.62. The third-order valence-electron chi connectivity index (χ3n) is 3.30. The van der Waals surface area contributed by atoms with Crippen LogP contribution in [0.3, 0.4) is 0 Å². The number of nitrogens with zero attached hydrogens (tertiary/aromatic N) is 2. The predicted octanol–water partition coefficient (Wildman–Crippen LogP) is 4.37. The largest absolute Gasteiger partial charge is 0.368 e. The van der Waals surface area contributed by atoms with Crippen LogP contribution in [-0.2, 0) is 0 Å². The molecule has 0 N–H and O–H groups in total. The minimum absolute atomic E-state index is 0.388. The molecule has 1 aromatic heterocycles. The van der Waals surface area contributed by atoms with Crippen LogP contribution >= 0.6 is 22.2 Å². The van der Waals surface area contributed by atoms with Crippen LogP contribution in [0.1, 0.15) is 13.8 Å². The van der Waals surface area contributed by atoms with E-state index in [0.29, 0.717) is 0 Å². The number of rotatable bonds is 4. The summed E-state index contributed by atoms with van der Waals surface area (Å²) in [6, 6.07) is 8.41. The normalized spacial score (nSPS) is 19.9. The first kappa shape index (κ1) is 12.8. The summed E-state index contributed by atoms with van der Waals surface area (Å²) in [7, 11) is -0.388. The highest BCUT2D eigenvalue weighted by atomic mass is 32.2. The van der Waals surface area contributed by atoms with Crippen LogP contribution in [0.2, 0.25) is 0 Å². The minimum atomic E-state index is -0.388. The van der Waals surface area contributed by atoms with Gasteiger partial charge in [0.25, 0.3) is 0 Å². The van der Waals surface area contributed by atoms with Gasteiger partial charge in [-0.15, -0.1) is 22.2 Å². The molecule has 1 aliphatic rings. The average molecular weight is 290 g/mol. The van der Waals surface area contributed by atoms with Crippen LogP contribution in [-0.4, -0.2) is 23.0 Å². The van der Waals surface area contributed by atoms with Crippen LogP contribution in [0.5, 0.6) is 0 Å². The number of hydrogen-bond acceptors (Lipinski definition) is 3. The molecule has 0 saturated carbocycles. The zero-order valence-electron chi connectivity index (χ0n) is 11.2. The number of allylic oxidation sites excluding steroid dienone is 2. The van der Waals surface area contributed by atoms with Crippen molar-refractivity contribution in [2.24, 2.45) is 0 Å². The Labute approximate surface area is 120 Å². The van der Waals surface area contributed by atoms with E-state index < -0.39 is 0 Å². The van der Waals surface area contributed by atoms with Crippen molar-refractivity contribution in [3.05, 3.63) is 46.9 Å². The SMILES string of the molecule is CCN(CC)C1=CC=C[SH]1c1nc2ccccc2s1. The van der Waals surface area contributed by atoms with Gasteiger partial charge in [0.15, 0.2) is 0 Å². The molecule has 3 rings (SSSR count). The zero-order valence-corrected chi connectivity index (χ0v) is 12.9. The van der Waals surface area contributed by atoms with Crippen molar-refractivity contribution in [1.82, 2.24) is 9.88 Å². The summed E-state index contributed by atoms with van der Waals surface area (Å²) in [4.78, 5) is 7.27. The zero-order chi connectivity index (χ0) is 13.2. The highest BCUT2D eigenvalue weighted by Crippen LogP contribution is 2.51. The van der Waals surface area contributed by atoms with E-state index in [1.165, 1.54) is 14.1 Å². The summed E-state index contributed by atoms with van der Waals surface area (Å²) in [6.45, 7) is 6.56. The summed E-state index contributed by atoms with van der Waals surface area (Å²) < 4.78 is 2.56. The van der Waals surface area contributed by atoms with Crippen LogP contribution in [0.15, 0.2) is 51.2 Å². The number of hydrogen-bond donors (Lipinski definition) is 1. The van der Waals surface area contributed by atoms with Gasteiger partial charge in [-0.05, 0) is 37.5 Å². The van der Waals surface area contributed by atoms with E-state index in [4.69, 9.17) is 4.98 Å². The number of para-hydroxylation sites is 1. The molecule has 0 saturated heterocycles. The lowest BCUT2D eigenvalue weighted by atomic mass is 10.3. The van der Waals surface area contributed by atoms with Gasteiger partial charge in [0.2, 0.25) is 0 Å². The number of benzene rings is 1. The van der Waals surface area contributed by atoms with Gasteiger partial charge in [0.1, 0.15) is 4.34 Å². The molecule has 0 amide bonds. The van der Waals surface area contributed by atoms with Gasteiger partial charge in [-0.25, -0.2) is 4.98 Å². The average Bonchev–Trinajstić information content (AvgIpc) is 3.05. The first-order valence-corrected chi connectivity index (χ1v) is 8.84. The molecule has 4 heteroatoms. The molecule has 0 bridgehead atoms. The Balaban J connectivity index is 1.97. The molecule has 0 spiro atoms. The summed E-state index contributed by atoms with van der Waals surface area (Å²) >= 11 is 1.84. The van der Waals surface area contributed by atoms with Crippen LogP contribution in [0.4, 0.5) is 0 Å². The molecule has 0 fully saturated rings. The summed E-state index contributed by atoms with van der Waals surface area (Å²) in [5, 5.41) is 3.76. The maximum Gasteiger partial charge on any atom is 0.140 e. The Morgan fingerprint density at radius 2 is 2.00 bits per heavy atom. The molecule has 19 heavy (non-hydrogen) atoms. The van der Waals surface area contributed by atoms with Crippen LogP contribution in [0, 0.1) is 0 Å². The predicted molar refractivity (Wildman–Crippen MR) is 87.0 cm³/mol. The summed E-state index contributed by atoms with van der Waals surface area (Å²) in [6.07, 6.45) is 4.44. The van der Waals surface area contributed by atoms with Crippen molar-refractivity contribution < 1.29 is 0 Å². The van der Waals surface area contributed by atoms with E-state index in [-0.39, 0.29) is 10.9 Å². The monoisotopic (exact) mass is 290 g/mol. The van der Waals surface area contributed by atoms with Gasteiger partial charge in [0.05, 0.1) is 15.2 Å². The summed E-state index contributed by atoms with van der Waals surface area (Å²) in [5.41, 5.74) is 1.13. The molecule has 100 valence electrons. The van der Waals surface area contributed by atoms with E-state index in [1.54, 1.807) is 0 Å². The molecule has 2 nitrogen and oxygen atoms in total. The van der Waals surface area contributed by atoms with Gasteiger partial charge in [-0.2, -0.15) is 0 Å². The second-order valence-corrected chi connectivity index (χ2v) is 7.63. The highest BCUT2D eigenvalue weighted by molar-refractivity contribution is 8.24. The number of thiol groups is 1. The van der Waals surface area contributed by atoms with Crippen molar-refractivity contribution in [2.75, 3.05) is 13.1 Å². The van der Waals surface area contributed by atoms with Gasteiger partial charge >= 0.3 is 0 Å². The topological polar surface area (TPSA) is 16.1 Å². The number of thiazole rings is 1. The second-order valence-electron chi connectivity index (χ2n) is 4.37. The van der Waals surface area contributed by atoms with Crippen molar-refractivity contribution in [3.63, 3.8) is 0 Å². The van der Waals surface area contributed by atoms with Crippen LogP contribution in [0.25, 0.3) is 10.2 Å². The molecule has 1 aliphatic heterocycles. The van der Waals surface area contributed by atoms with Gasteiger partial charge in [-0.1, -0.05) is 18.2 Å². The van der Waals surface area contributed by atoms with E-state index in [9.17, 15) is 0 Å². The minimum Gasteiger partial charge on any atom is -0.368 e. The van der Waals surface area contributed by atoms with Crippen molar-refractivity contribution in [3.8, 4) is 0 Å². The molecule has 1 unspecified atom stereocenters. The summed E-state index contributed by atoms with van der Waals surface area (Å²) in [5.74, 6) is 0. The first-order valence-electron chi connectivity index (χ1n) is 6.61. The van der Waals surface area contributed by atoms with Gasteiger partial charge in [-0.3, -0.25) is 0 Å². The molecular formula is C15H18N2S2. The Morgan fingerprint density at radius 1 is 1.21 bits per heavy atom. The van der Waals surface area contributed by atoms with Crippen LogP contribution < -0.4 is 0 Å². The fourth-order valence-electron chi connectivity index (χ4n) is 2.30. The quantitative estimate of drug-likeness (QED) is 0.842. The fraction of sp³-hybridized carbons (Fsp3) is 0.267. The maximum atomic E-state index is 4.82. The third-order valence-corrected chi connectivity index (χ3v) is 6.91. The lowest BCUT2D eigenvalue weighted by Crippen LogP contribution is -2.21. The first-order chi connectivity index (χ1) is 9.33. The van der Waals surface area contributed by atoms with E-state index in [1.807, 2.05) is 11.3 Å². The van der Waals surface area contributed by atoms with E-state index in [2.05, 4.69) is 60.6 Å². The number of fused-ring (bicyclic) bond motifs is 1. The van der Waals surface area contributed by atoms with Crippen molar-refractivity contribution in [1.29, 1.82) is 0 Å². The smallest absolute Gasteiger partial charge is 0.140 e. The molecular weight excluding hydrogens is 272 g/mol. The van der Waals surface area contributed by atoms with Crippen molar-refractivity contribution in [2.45, 2.75) is 18.2 Å². The highest BCUT2D eigenvalue weighted by Gasteiger charge is 2.20. The van der Waals surface area contributed by atoms with Crippen molar-refractivity contribution >= 4 is 32.4 Å². The molecule has 0 aliphatic carbocycles. The molecule has 2 heterocycles. The van der Waals surface area contributed by atoms with E-state index in [0.717, 1.165) is 18.6 Å². The molecule has 1 atom stereocenters. The Bertz CT molecular complexity index is 605. The third kappa shape index (κ3) is 2.30. The lowest BCUT2D eigenvalue weighted by molar-refractivity contribution is 0.409. The Hall–Kier alpha value is -1.26. The maximum absolute atomic E-state index is 4.82. The second kappa shape index (κ2) is 5.39. The molecule has 0 radical (unpaired) electrons. The van der Waals surface area contributed by atoms with E-state index >= 15 is 0 Å². The lowest BCUT2D eigenvalue weighted by Gasteiger charge is -2.28. The Morgan fingerprint density at radius 3 is 2.74 bits per heavy atom. The molecule has 1 aromatic carbocycles. The van der Waals surface area contributed by atoms with Gasteiger partial charge in [0, 0.05) is 13.1 Å². The standard InChI is InChI=1S/C15H18N2S2/c1-3-17(4-2)14-10-7-11-19(14)15-16-12-8-5-6-9-13(12)18-15/h5-11,19H,3-4H2,1-2H3.